The van der Waals surface area contributed by atoms with Crippen LogP contribution in [0, 0.1) is 5.92 Å². The zero-order valence-electron chi connectivity index (χ0n) is 12.3. The van der Waals surface area contributed by atoms with Gasteiger partial charge in [0, 0.05) is 22.3 Å². The predicted molar refractivity (Wildman–Crippen MR) is 81.2 cm³/mol. The number of aromatic nitrogens is 4. The molecule has 0 radical (unpaired) electrons. The predicted octanol–water partition coefficient (Wildman–Crippen LogP) is 0.904. The van der Waals surface area contributed by atoms with Crippen LogP contribution in [0.4, 0.5) is 5.82 Å². The number of fused-ring (bicyclic) bond motifs is 1. The Morgan fingerprint density at radius 1 is 1.33 bits per heavy atom. The quantitative estimate of drug-likeness (QED) is 0.463. The molecular formula is C11H13N11O2. The Labute approximate surface area is 134 Å². The van der Waals surface area contributed by atoms with Gasteiger partial charge in [0.15, 0.2) is 11.5 Å². The van der Waals surface area contributed by atoms with Crippen molar-refractivity contribution in [2.45, 2.75) is 18.4 Å². The van der Waals surface area contributed by atoms with E-state index in [2.05, 4.69) is 35.0 Å². The third-order valence-electron chi connectivity index (χ3n) is 3.90. The number of imidazole rings is 1. The first-order valence-electron chi connectivity index (χ1n) is 6.95. The number of ether oxygens (including phenoxy) is 1. The van der Waals surface area contributed by atoms with Crippen LogP contribution in [-0.4, -0.2) is 49.9 Å². The van der Waals surface area contributed by atoms with Gasteiger partial charge >= 0.3 is 0 Å². The number of hydrogen-bond acceptors (Lipinski definition) is 8. The summed E-state index contributed by atoms with van der Waals surface area (Å²) in [5.41, 5.74) is 24.0. The summed E-state index contributed by atoms with van der Waals surface area (Å²) in [6.45, 7) is -0.297. The molecule has 1 saturated heterocycles. The fourth-order valence-electron chi connectivity index (χ4n) is 2.82. The summed E-state index contributed by atoms with van der Waals surface area (Å²) in [5, 5.41) is 16.8. The van der Waals surface area contributed by atoms with Crippen molar-refractivity contribution < 1.29 is 9.84 Å². The normalized spacial score (nSPS) is 26.0. The molecule has 24 heavy (non-hydrogen) atoms. The lowest BCUT2D eigenvalue weighted by Crippen LogP contribution is -2.29. The fourth-order valence-corrected chi connectivity index (χ4v) is 2.82. The summed E-state index contributed by atoms with van der Waals surface area (Å²) >= 11 is 0. The van der Waals surface area contributed by atoms with Gasteiger partial charge in [-0.2, -0.15) is 0 Å². The third-order valence-corrected chi connectivity index (χ3v) is 3.90. The minimum absolute atomic E-state index is 0.0195. The Bertz CT molecular complexity index is 838. The number of azide groups is 2. The van der Waals surface area contributed by atoms with E-state index < -0.39 is 24.3 Å². The van der Waals surface area contributed by atoms with Crippen molar-refractivity contribution in [3.05, 3.63) is 33.5 Å². The zero-order chi connectivity index (χ0) is 17.1. The maximum atomic E-state index is 9.53. The number of anilines is 1. The first-order chi connectivity index (χ1) is 11.7. The van der Waals surface area contributed by atoms with Gasteiger partial charge in [0.25, 0.3) is 0 Å². The van der Waals surface area contributed by atoms with Crippen molar-refractivity contribution in [2.24, 2.45) is 16.1 Å². The van der Waals surface area contributed by atoms with E-state index in [1.54, 1.807) is 4.57 Å². The van der Waals surface area contributed by atoms with E-state index >= 15 is 0 Å². The fraction of sp³-hybridized carbons (Fsp3) is 0.545. The molecule has 3 rings (SSSR count). The van der Waals surface area contributed by atoms with Crippen molar-refractivity contribution in [2.75, 3.05) is 18.9 Å². The molecular weight excluding hydrogens is 318 g/mol. The SMILES string of the molecule is [N-]=[N+]=NC[C@H]1[C@H](N=[N+]=[N-])[C@H](n2cnc3c(N)ncnc32)O[C@@H]1CO. The molecule has 0 unspecified atom stereocenters. The molecule has 13 nitrogen and oxygen atoms in total. The highest BCUT2D eigenvalue weighted by molar-refractivity contribution is 5.81. The van der Waals surface area contributed by atoms with E-state index in [0.29, 0.717) is 11.2 Å². The van der Waals surface area contributed by atoms with E-state index in [1.807, 2.05) is 0 Å². The largest absolute Gasteiger partial charge is 0.394 e. The summed E-state index contributed by atoms with van der Waals surface area (Å²) in [6.07, 6.45) is 1.31. The molecule has 1 aliphatic heterocycles. The first-order valence-corrected chi connectivity index (χ1v) is 6.95. The molecule has 2 aromatic rings. The first kappa shape index (κ1) is 15.8. The Kier molecular flexibility index (Phi) is 4.31. The molecule has 4 atom stereocenters. The zero-order valence-corrected chi connectivity index (χ0v) is 12.3. The average molecular weight is 331 g/mol. The summed E-state index contributed by atoms with van der Waals surface area (Å²) in [6, 6.07) is -0.716. The molecule has 124 valence electrons. The molecule has 3 N–H and O–H groups in total. The van der Waals surface area contributed by atoms with Crippen LogP contribution in [0.15, 0.2) is 22.9 Å². The number of nitrogens with zero attached hydrogens (tertiary/aromatic N) is 10. The molecule has 3 heterocycles. The van der Waals surface area contributed by atoms with E-state index in [9.17, 15) is 5.11 Å². The summed E-state index contributed by atoms with van der Waals surface area (Å²) in [4.78, 5) is 17.7. The minimum atomic E-state index is -0.767. The molecule has 0 spiro atoms. The van der Waals surface area contributed by atoms with E-state index in [4.69, 9.17) is 21.5 Å². The van der Waals surface area contributed by atoms with Gasteiger partial charge < -0.3 is 15.6 Å². The lowest BCUT2D eigenvalue weighted by molar-refractivity contribution is -0.0303. The number of nitrogens with two attached hydrogens (primary N) is 1. The van der Waals surface area contributed by atoms with Gasteiger partial charge in [-0.1, -0.05) is 10.2 Å². The number of aliphatic hydroxyl groups is 1. The second kappa shape index (κ2) is 6.56. The van der Waals surface area contributed by atoms with E-state index in [-0.39, 0.29) is 19.0 Å². The number of rotatable bonds is 5. The van der Waals surface area contributed by atoms with Gasteiger partial charge in [-0.3, -0.25) is 4.57 Å². The molecule has 1 fully saturated rings. The van der Waals surface area contributed by atoms with Crippen molar-refractivity contribution in [3.63, 3.8) is 0 Å². The van der Waals surface area contributed by atoms with Crippen molar-refractivity contribution in [1.82, 2.24) is 19.5 Å². The second-order valence-corrected chi connectivity index (χ2v) is 5.10. The van der Waals surface area contributed by atoms with Gasteiger partial charge in [0.2, 0.25) is 0 Å². The Morgan fingerprint density at radius 3 is 2.88 bits per heavy atom. The number of hydrogen-bond donors (Lipinski definition) is 2. The maximum Gasteiger partial charge on any atom is 0.167 e. The molecule has 0 aliphatic carbocycles. The van der Waals surface area contributed by atoms with E-state index in [0.717, 1.165) is 0 Å². The van der Waals surface area contributed by atoms with E-state index in [1.165, 1.54) is 12.7 Å². The molecule has 0 amide bonds. The Morgan fingerprint density at radius 2 is 2.17 bits per heavy atom. The molecule has 0 saturated carbocycles. The van der Waals surface area contributed by atoms with Crippen LogP contribution >= 0.6 is 0 Å². The summed E-state index contributed by atoms with van der Waals surface area (Å²) < 4.78 is 7.36. The Balaban J connectivity index is 2.05. The van der Waals surface area contributed by atoms with Crippen LogP contribution in [0.2, 0.25) is 0 Å². The monoisotopic (exact) mass is 331 g/mol. The Hall–Kier alpha value is -3.11. The second-order valence-electron chi connectivity index (χ2n) is 5.10. The van der Waals surface area contributed by atoms with Gasteiger partial charge in [0.05, 0.1) is 25.1 Å². The average Bonchev–Trinajstić information content (AvgIpc) is 3.15. The minimum Gasteiger partial charge on any atom is -0.394 e. The van der Waals surface area contributed by atoms with Crippen LogP contribution < -0.4 is 5.73 Å². The highest BCUT2D eigenvalue weighted by Crippen LogP contribution is 2.38. The summed E-state index contributed by atoms with van der Waals surface area (Å²) in [7, 11) is 0. The molecule has 0 aromatic carbocycles. The van der Waals surface area contributed by atoms with Crippen LogP contribution in [0.1, 0.15) is 6.23 Å². The lowest BCUT2D eigenvalue weighted by Gasteiger charge is -2.18. The third kappa shape index (κ3) is 2.53. The maximum absolute atomic E-state index is 9.53. The highest BCUT2D eigenvalue weighted by atomic mass is 16.5. The standard InChI is InChI=1S/C11H13N11O2/c12-9-8-10(16-3-15-9)22(4-17-8)11-7(19-21-14)5(1-18-20-13)6(2-23)24-11/h3-7,11,23H,1-2H2,(H2,12,15,16)/t5-,6-,7+,11-/m1/s1. The highest BCUT2D eigenvalue weighted by Gasteiger charge is 2.44. The van der Waals surface area contributed by atoms with Gasteiger partial charge in [-0.05, 0) is 11.1 Å². The molecule has 0 bridgehead atoms. The van der Waals surface area contributed by atoms with Crippen LogP contribution in [0.5, 0.6) is 0 Å². The van der Waals surface area contributed by atoms with Gasteiger partial charge in [0.1, 0.15) is 18.1 Å². The topological polar surface area (TPSA) is 197 Å². The van der Waals surface area contributed by atoms with Crippen LogP contribution in [-0.2, 0) is 4.74 Å². The van der Waals surface area contributed by atoms with Gasteiger partial charge in [-0.15, -0.1) is 0 Å². The van der Waals surface area contributed by atoms with Crippen LogP contribution in [0.3, 0.4) is 0 Å². The number of nitrogen functional groups attached to an aromatic ring is 1. The number of aliphatic hydroxyl groups excluding tert-OH is 1. The summed E-state index contributed by atoms with van der Waals surface area (Å²) in [5.74, 6) is -0.273. The van der Waals surface area contributed by atoms with Gasteiger partial charge in [-0.25, -0.2) is 15.0 Å². The van der Waals surface area contributed by atoms with Crippen LogP contribution in [0.25, 0.3) is 32.0 Å². The smallest absolute Gasteiger partial charge is 0.167 e. The van der Waals surface area contributed by atoms with Crippen molar-refractivity contribution in [3.8, 4) is 0 Å². The molecule has 13 heteroatoms. The van der Waals surface area contributed by atoms with Crippen molar-refractivity contribution >= 4 is 17.0 Å². The molecule has 2 aromatic heterocycles. The lowest BCUT2D eigenvalue weighted by atomic mass is 9.96. The van der Waals surface area contributed by atoms with Crippen molar-refractivity contribution in [1.29, 1.82) is 0 Å². The molecule has 1 aliphatic rings.